The smallest absolute Gasteiger partial charge is 0.128 e. The van der Waals surface area contributed by atoms with Crippen LogP contribution in [0.2, 0.25) is 0 Å². The number of ether oxygens (including phenoxy) is 1. The standard InChI is InChI=1S/C12H15F2NO/c1-16-7-6-15-11-5-2-8-9(13)3-4-10(14)12(8)11/h3-4,11,15H,2,5-7H2,1H3. The van der Waals surface area contributed by atoms with Crippen molar-refractivity contribution in [3.05, 3.63) is 34.9 Å². The van der Waals surface area contributed by atoms with Gasteiger partial charge in [-0.3, -0.25) is 0 Å². The molecule has 0 saturated heterocycles. The van der Waals surface area contributed by atoms with Crippen LogP contribution < -0.4 is 5.32 Å². The number of halogens is 2. The fourth-order valence-electron chi connectivity index (χ4n) is 2.21. The molecule has 1 aromatic rings. The van der Waals surface area contributed by atoms with Crippen molar-refractivity contribution in [2.75, 3.05) is 20.3 Å². The Balaban J connectivity index is 2.15. The number of methoxy groups -OCH3 is 1. The number of hydrogen-bond acceptors (Lipinski definition) is 2. The third kappa shape index (κ3) is 2.08. The molecular formula is C12H15F2NO. The summed E-state index contributed by atoms with van der Waals surface area (Å²) in [6.07, 6.45) is 1.35. The van der Waals surface area contributed by atoms with E-state index >= 15 is 0 Å². The summed E-state index contributed by atoms with van der Waals surface area (Å²) in [5.41, 5.74) is 1.02. The van der Waals surface area contributed by atoms with Gasteiger partial charge in [-0.1, -0.05) is 0 Å². The van der Waals surface area contributed by atoms with E-state index in [0.29, 0.717) is 30.7 Å². The van der Waals surface area contributed by atoms with E-state index in [-0.39, 0.29) is 17.7 Å². The maximum atomic E-state index is 13.6. The summed E-state index contributed by atoms with van der Waals surface area (Å²) in [6.45, 7) is 1.22. The third-order valence-electron chi connectivity index (χ3n) is 2.98. The SMILES string of the molecule is COCCNC1CCc2c(F)ccc(F)c21. The van der Waals surface area contributed by atoms with Crippen LogP contribution in [0.5, 0.6) is 0 Å². The molecule has 0 spiro atoms. The zero-order valence-electron chi connectivity index (χ0n) is 9.22. The van der Waals surface area contributed by atoms with Crippen LogP contribution in [-0.4, -0.2) is 20.3 Å². The van der Waals surface area contributed by atoms with Crippen molar-refractivity contribution in [3.63, 3.8) is 0 Å². The molecule has 1 aromatic carbocycles. The van der Waals surface area contributed by atoms with Gasteiger partial charge in [0.15, 0.2) is 0 Å². The number of fused-ring (bicyclic) bond motifs is 1. The Labute approximate surface area is 93.6 Å². The highest BCUT2D eigenvalue weighted by Gasteiger charge is 2.27. The normalized spacial score (nSPS) is 18.8. The van der Waals surface area contributed by atoms with E-state index in [4.69, 9.17) is 4.74 Å². The van der Waals surface area contributed by atoms with E-state index in [0.717, 1.165) is 6.42 Å². The summed E-state index contributed by atoms with van der Waals surface area (Å²) < 4.78 is 31.9. The van der Waals surface area contributed by atoms with E-state index in [2.05, 4.69) is 5.32 Å². The first-order valence-corrected chi connectivity index (χ1v) is 5.43. The van der Waals surface area contributed by atoms with Gasteiger partial charge in [0.1, 0.15) is 11.6 Å². The Morgan fingerprint density at radius 3 is 2.88 bits per heavy atom. The molecular weight excluding hydrogens is 212 g/mol. The van der Waals surface area contributed by atoms with Crippen molar-refractivity contribution < 1.29 is 13.5 Å². The Morgan fingerprint density at radius 2 is 2.12 bits per heavy atom. The first-order valence-electron chi connectivity index (χ1n) is 5.43. The summed E-state index contributed by atoms with van der Waals surface area (Å²) in [7, 11) is 1.62. The Bertz CT molecular complexity index is 382. The molecule has 0 saturated carbocycles. The summed E-state index contributed by atoms with van der Waals surface area (Å²) >= 11 is 0. The Hall–Kier alpha value is -1.00. The molecule has 2 rings (SSSR count). The van der Waals surface area contributed by atoms with Gasteiger partial charge < -0.3 is 10.1 Å². The molecule has 0 heterocycles. The monoisotopic (exact) mass is 227 g/mol. The molecule has 0 aliphatic heterocycles. The summed E-state index contributed by atoms with van der Waals surface area (Å²) in [5.74, 6) is -0.615. The summed E-state index contributed by atoms with van der Waals surface area (Å²) in [5, 5.41) is 3.18. The second kappa shape index (κ2) is 4.89. The van der Waals surface area contributed by atoms with Crippen LogP contribution in [0.3, 0.4) is 0 Å². The summed E-state index contributed by atoms with van der Waals surface area (Å²) in [4.78, 5) is 0. The molecule has 1 atom stereocenters. The van der Waals surface area contributed by atoms with E-state index in [9.17, 15) is 8.78 Å². The lowest BCUT2D eigenvalue weighted by molar-refractivity contribution is 0.195. The third-order valence-corrected chi connectivity index (χ3v) is 2.98. The lowest BCUT2D eigenvalue weighted by atomic mass is 10.1. The molecule has 0 fully saturated rings. The van der Waals surface area contributed by atoms with Gasteiger partial charge in [0, 0.05) is 25.3 Å². The van der Waals surface area contributed by atoms with Gasteiger partial charge in [0.25, 0.3) is 0 Å². The van der Waals surface area contributed by atoms with Crippen molar-refractivity contribution in [3.8, 4) is 0 Å². The van der Waals surface area contributed by atoms with Crippen LogP contribution in [0, 0.1) is 11.6 Å². The predicted molar refractivity (Wildman–Crippen MR) is 57.3 cm³/mol. The average Bonchev–Trinajstić information content (AvgIpc) is 2.69. The van der Waals surface area contributed by atoms with Gasteiger partial charge in [-0.05, 0) is 30.5 Å². The van der Waals surface area contributed by atoms with E-state index in [1.54, 1.807) is 7.11 Å². The lowest BCUT2D eigenvalue weighted by Gasteiger charge is -2.14. The zero-order valence-corrected chi connectivity index (χ0v) is 9.22. The molecule has 4 heteroatoms. The van der Waals surface area contributed by atoms with E-state index < -0.39 is 0 Å². The molecule has 1 aliphatic rings. The van der Waals surface area contributed by atoms with Crippen LogP contribution >= 0.6 is 0 Å². The molecule has 2 nitrogen and oxygen atoms in total. The highest BCUT2D eigenvalue weighted by atomic mass is 19.1. The lowest BCUT2D eigenvalue weighted by Crippen LogP contribution is -2.24. The van der Waals surface area contributed by atoms with Crippen molar-refractivity contribution in [2.45, 2.75) is 18.9 Å². The first-order chi connectivity index (χ1) is 7.74. The molecule has 1 unspecified atom stereocenters. The maximum absolute atomic E-state index is 13.6. The molecule has 0 aromatic heterocycles. The van der Waals surface area contributed by atoms with Crippen LogP contribution in [0.25, 0.3) is 0 Å². The quantitative estimate of drug-likeness (QED) is 0.796. The van der Waals surface area contributed by atoms with Crippen LogP contribution in [0.1, 0.15) is 23.6 Å². The second-order valence-electron chi connectivity index (χ2n) is 3.96. The van der Waals surface area contributed by atoms with Crippen LogP contribution in [0.4, 0.5) is 8.78 Å². The fraction of sp³-hybridized carbons (Fsp3) is 0.500. The molecule has 16 heavy (non-hydrogen) atoms. The molecule has 0 radical (unpaired) electrons. The Kier molecular flexibility index (Phi) is 3.51. The van der Waals surface area contributed by atoms with E-state index in [1.165, 1.54) is 12.1 Å². The zero-order chi connectivity index (χ0) is 11.5. The van der Waals surface area contributed by atoms with Gasteiger partial charge in [-0.25, -0.2) is 8.78 Å². The molecule has 88 valence electrons. The topological polar surface area (TPSA) is 21.3 Å². The largest absolute Gasteiger partial charge is 0.383 e. The number of hydrogen-bond donors (Lipinski definition) is 1. The van der Waals surface area contributed by atoms with Crippen molar-refractivity contribution in [1.29, 1.82) is 0 Å². The highest BCUT2D eigenvalue weighted by molar-refractivity contribution is 5.36. The van der Waals surface area contributed by atoms with Crippen LogP contribution in [0.15, 0.2) is 12.1 Å². The van der Waals surface area contributed by atoms with Crippen molar-refractivity contribution in [1.82, 2.24) is 5.32 Å². The minimum absolute atomic E-state index is 0.0825. The molecule has 0 amide bonds. The highest BCUT2D eigenvalue weighted by Crippen LogP contribution is 2.34. The van der Waals surface area contributed by atoms with Gasteiger partial charge >= 0.3 is 0 Å². The minimum Gasteiger partial charge on any atom is -0.383 e. The number of rotatable bonds is 4. The molecule has 1 N–H and O–H groups in total. The van der Waals surface area contributed by atoms with Gasteiger partial charge in [-0.15, -0.1) is 0 Å². The van der Waals surface area contributed by atoms with E-state index in [1.807, 2.05) is 0 Å². The van der Waals surface area contributed by atoms with Gasteiger partial charge in [0.05, 0.1) is 6.61 Å². The fourth-order valence-corrected chi connectivity index (χ4v) is 2.21. The van der Waals surface area contributed by atoms with Crippen molar-refractivity contribution in [2.24, 2.45) is 0 Å². The van der Waals surface area contributed by atoms with Crippen molar-refractivity contribution >= 4 is 0 Å². The maximum Gasteiger partial charge on any atom is 0.128 e. The molecule has 0 bridgehead atoms. The predicted octanol–water partition coefficient (Wildman–Crippen LogP) is 2.19. The minimum atomic E-state index is -0.316. The van der Waals surface area contributed by atoms with Gasteiger partial charge in [0.2, 0.25) is 0 Å². The average molecular weight is 227 g/mol. The summed E-state index contributed by atoms with van der Waals surface area (Å²) in [6, 6.07) is 2.32. The first kappa shape index (κ1) is 11.5. The molecule has 1 aliphatic carbocycles. The number of benzene rings is 1. The number of nitrogens with one attached hydrogen (secondary N) is 1. The van der Waals surface area contributed by atoms with Crippen LogP contribution in [-0.2, 0) is 11.2 Å². The van der Waals surface area contributed by atoms with Gasteiger partial charge in [-0.2, -0.15) is 0 Å². The second-order valence-corrected chi connectivity index (χ2v) is 3.96. The Morgan fingerprint density at radius 1 is 1.38 bits per heavy atom.